The molecule has 0 aliphatic rings. The van der Waals surface area contributed by atoms with Gasteiger partial charge in [0.2, 0.25) is 0 Å². The molecule has 10 aromatic carbocycles. The number of methoxy groups -OCH3 is 3. The summed E-state index contributed by atoms with van der Waals surface area (Å²) in [6.45, 7) is 0. The Labute approximate surface area is 276 Å². The quantitative estimate of drug-likeness (QED) is 0.175. The van der Waals surface area contributed by atoms with Crippen molar-refractivity contribution in [2.24, 2.45) is 0 Å². The van der Waals surface area contributed by atoms with E-state index in [-0.39, 0.29) is 0 Å². The second kappa shape index (κ2) is 9.97. The fourth-order valence-corrected chi connectivity index (χ4v) is 8.21. The molecule has 0 unspecified atom stereocenters. The highest BCUT2D eigenvalue weighted by Gasteiger charge is 2.26. The lowest BCUT2D eigenvalue weighted by atomic mass is 9.95. The number of benzene rings is 7. The van der Waals surface area contributed by atoms with Gasteiger partial charge in [0, 0.05) is 0 Å². The number of hydrogen-bond donors (Lipinski definition) is 0. The van der Waals surface area contributed by atoms with Crippen LogP contribution in [0.1, 0.15) is 16.7 Å². The second-order valence-corrected chi connectivity index (χ2v) is 12.7. The average Bonchev–Trinajstić information content (AvgIpc) is 3.75. The first-order chi connectivity index (χ1) is 23.6. The molecule has 0 atom stereocenters. The molecule has 0 aliphatic carbocycles. The van der Waals surface area contributed by atoms with Crippen molar-refractivity contribution in [1.82, 2.24) is 0 Å². The molecule has 0 aliphatic heterocycles. The maximum absolute atomic E-state index is 5.45. The standard InChI is InChI=1S/C45H30O3/c1-46-28-10-4-25(5-11-28)22-37-31-16-18-33-38(23-26-6-12-29(47-2)13-7-26)35-20-21-36-39(24-27-8-14-30(48-3)15-9-27)34-19-17-32(37)41-40(31)42(33)44(35)45(36)43(34)41/h4-24H,1-3H3. The van der Waals surface area contributed by atoms with E-state index >= 15 is 0 Å². The minimum absolute atomic E-state index is 0.862. The molecule has 0 radical (unpaired) electrons. The second-order valence-electron chi connectivity index (χ2n) is 12.7. The fourth-order valence-electron chi connectivity index (χ4n) is 8.21. The summed E-state index contributed by atoms with van der Waals surface area (Å²) in [7, 11) is 5.13. The van der Waals surface area contributed by atoms with E-state index in [4.69, 9.17) is 14.2 Å². The van der Waals surface area contributed by atoms with Gasteiger partial charge in [0.1, 0.15) is 17.2 Å². The molecule has 0 fully saturated rings. The highest BCUT2D eigenvalue weighted by molar-refractivity contribution is 6.47. The topological polar surface area (TPSA) is 27.7 Å². The van der Waals surface area contributed by atoms with Crippen LogP contribution in [0.5, 0.6) is 17.2 Å². The van der Waals surface area contributed by atoms with Crippen molar-refractivity contribution >= 4 is 82.9 Å². The van der Waals surface area contributed by atoms with E-state index in [1.165, 1.54) is 80.3 Å². The molecule has 0 amide bonds. The summed E-state index contributed by atoms with van der Waals surface area (Å²) in [6.07, 6.45) is 7.02. The van der Waals surface area contributed by atoms with E-state index in [0.29, 0.717) is 0 Å². The molecule has 0 spiro atoms. The van der Waals surface area contributed by atoms with Gasteiger partial charge < -0.3 is 14.2 Å². The van der Waals surface area contributed by atoms with Crippen LogP contribution in [0.4, 0.5) is 0 Å². The molecule has 3 heteroatoms. The van der Waals surface area contributed by atoms with Crippen molar-refractivity contribution < 1.29 is 14.2 Å². The number of hydrogen-bond acceptors (Lipinski definition) is 3. The summed E-state index contributed by atoms with van der Waals surface area (Å²) in [6, 6.07) is 39.1. The van der Waals surface area contributed by atoms with E-state index in [1.54, 1.807) is 21.3 Å². The number of rotatable bonds is 6. The summed E-state index contributed by atoms with van der Waals surface area (Å²) >= 11 is 0. The van der Waals surface area contributed by atoms with Crippen LogP contribution < -0.4 is 29.9 Å². The Morgan fingerprint density at radius 1 is 0.292 bits per heavy atom. The van der Waals surface area contributed by atoms with Crippen LogP contribution in [-0.4, -0.2) is 21.3 Å². The van der Waals surface area contributed by atoms with Crippen molar-refractivity contribution in [3.05, 3.63) is 142 Å². The number of ether oxygens (including phenoxy) is 3. The zero-order valence-corrected chi connectivity index (χ0v) is 26.8. The first-order valence-electron chi connectivity index (χ1n) is 16.3. The third-order valence-electron chi connectivity index (χ3n) is 10.4. The minimum Gasteiger partial charge on any atom is -0.497 e. The maximum atomic E-state index is 5.45. The summed E-state index contributed by atoms with van der Waals surface area (Å²) in [4.78, 5) is 0. The summed E-state index contributed by atoms with van der Waals surface area (Å²) < 4.78 is 16.3. The first kappa shape index (κ1) is 27.1. The molecule has 0 N–H and O–H groups in total. The smallest absolute Gasteiger partial charge is 0.118 e. The van der Waals surface area contributed by atoms with Gasteiger partial charge in [-0.2, -0.15) is 0 Å². The largest absolute Gasteiger partial charge is 0.497 e. The van der Waals surface area contributed by atoms with Gasteiger partial charge in [0.05, 0.1) is 21.3 Å². The summed E-state index contributed by atoms with van der Waals surface area (Å²) in [5.41, 5.74) is 3.47. The van der Waals surface area contributed by atoms with Crippen LogP contribution in [0.3, 0.4) is 0 Å². The van der Waals surface area contributed by atoms with Gasteiger partial charge >= 0.3 is 0 Å². The fraction of sp³-hybridized carbons (Fsp3) is 0.0667. The van der Waals surface area contributed by atoms with E-state index in [0.717, 1.165) is 33.9 Å². The SMILES string of the molecule is COc1ccc(C=c2c3ccc4c(=Cc5ccc(OC)cc5)c5ccc6c(=Cc7ccc(OC)cc7)c7ccc2c2c3c4c5c6c72)cc1. The minimum atomic E-state index is 0.862. The predicted octanol–water partition coefficient (Wildman–Crippen LogP) is 8.59. The van der Waals surface area contributed by atoms with Crippen LogP contribution in [0.2, 0.25) is 0 Å². The van der Waals surface area contributed by atoms with Crippen molar-refractivity contribution in [3.63, 3.8) is 0 Å². The molecular weight excluding hydrogens is 588 g/mol. The van der Waals surface area contributed by atoms with Gasteiger partial charge in [0.15, 0.2) is 0 Å². The van der Waals surface area contributed by atoms with Crippen LogP contribution in [0.15, 0.2) is 109 Å². The molecule has 228 valence electrons. The van der Waals surface area contributed by atoms with Crippen LogP contribution in [0, 0.1) is 0 Å². The highest BCUT2D eigenvalue weighted by Crippen LogP contribution is 2.48. The molecule has 0 bridgehead atoms. The monoisotopic (exact) mass is 618 g/mol. The van der Waals surface area contributed by atoms with E-state index in [2.05, 4.69) is 91.0 Å². The molecule has 3 nitrogen and oxygen atoms in total. The predicted molar refractivity (Wildman–Crippen MR) is 200 cm³/mol. The van der Waals surface area contributed by atoms with Gasteiger partial charge in [-0.3, -0.25) is 0 Å². The van der Waals surface area contributed by atoms with Gasteiger partial charge in [-0.25, -0.2) is 0 Å². The zero-order valence-electron chi connectivity index (χ0n) is 26.8. The highest BCUT2D eigenvalue weighted by atomic mass is 16.5. The lowest BCUT2D eigenvalue weighted by Crippen LogP contribution is -2.00. The molecular formula is C45H30O3. The molecule has 0 saturated heterocycles. The third-order valence-corrected chi connectivity index (χ3v) is 10.4. The maximum Gasteiger partial charge on any atom is 0.118 e. The summed E-state index contributed by atoms with van der Waals surface area (Å²) in [5, 5.41) is 19.8. The third kappa shape index (κ3) is 3.64. The molecule has 10 rings (SSSR count). The van der Waals surface area contributed by atoms with E-state index < -0.39 is 0 Å². The van der Waals surface area contributed by atoms with Crippen LogP contribution >= 0.6 is 0 Å². The molecule has 10 aromatic rings. The Morgan fingerprint density at radius 2 is 0.500 bits per heavy atom. The molecule has 0 aromatic heterocycles. The lowest BCUT2D eigenvalue weighted by molar-refractivity contribution is 0.414. The Balaban J connectivity index is 1.38. The van der Waals surface area contributed by atoms with Gasteiger partial charge in [-0.1, -0.05) is 72.8 Å². The first-order valence-corrected chi connectivity index (χ1v) is 16.3. The Bertz CT molecular complexity index is 2480. The van der Waals surface area contributed by atoms with Crippen molar-refractivity contribution in [1.29, 1.82) is 0 Å². The average molecular weight is 619 g/mol. The van der Waals surface area contributed by atoms with Crippen molar-refractivity contribution in [2.75, 3.05) is 21.3 Å². The van der Waals surface area contributed by atoms with E-state index in [1.807, 2.05) is 36.4 Å². The van der Waals surface area contributed by atoms with Crippen LogP contribution in [0.25, 0.3) is 82.9 Å². The Morgan fingerprint density at radius 3 is 0.688 bits per heavy atom. The summed E-state index contributed by atoms with van der Waals surface area (Å²) in [5.74, 6) is 2.59. The van der Waals surface area contributed by atoms with Gasteiger partial charge in [-0.15, -0.1) is 0 Å². The van der Waals surface area contributed by atoms with E-state index in [9.17, 15) is 0 Å². The van der Waals surface area contributed by atoms with Gasteiger partial charge in [0.25, 0.3) is 0 Å². The normalized spacial score (nSPS) is 12.1. The van der Waals surface area contributed by atoms with Crippen molar-refractivity contribution in [2.45, 2.75) is 0 Å². The molecule has 48 heavy (non-hydrogen) atoms. The lowest BCUT2D eigenvalue weighted by Gasteiger charge is -2.07. The van der Waals surface area contributed by atoms with Gasteiger partial charge in [-0.05, 0) is 152 Å². The molecule has 0 heterocycles. The van der Waals surface area contributed by atoms with Crippen LogP contribution in [-0.2, 0) is 0 Å². The van der Waals surface area contributed by atoms with Crippen molar-refractivity contribution in [3.8, 4) is 17.2 Å². The Kier molecular flexibility index (Phi) is 5.63. The molecule has 0 saturated carbocycles. The zero-order chi connectivity index (χ0) is 32.1. The Hall–Kier alpha value is -6.06.